The van der Waals surface area contributed by atoms with Gasteiger partial charge in [-0.2, -0.15) is 0 Å². The summed E-state index contributed by atoms with van der Waals surface area (Å²) in [4.78, 5) is 20.4. The number of piperidine rings is 1. The van der Waals surface area contributed by atoms with Crippen molar-refractivity contribution in [1.82, 2.24) is 14.8 Å². The zero-order valence-electron chi connectivity index (χ0n) is 12.3. The van der Waals surface area contributed by atoms with Crippen LogP contribution in [0.4, 0.5) is 0 Å². The van der Waals surface area contributed by atoms with Gasteiger partial charge in [0, 0.05) is 38.6 Å². The van der Waals surface area contributed by atoms with E-state index in [0.717, 1.165) is 31.5 Å². The molecule has 1 atom stereocenters. The van der Waals surface area contributed by atoms with Crippen molar-refractivity contribution in [3.8, 4) is 0 Å². The molecule has 1 amide bonds. The lowest BCUT2D eigenvalue weighted by molar-refractivity contribution is -0.133. The number of nitrogens with zero attached hydrogens (tertiary/aromatic N) is 3. The largest absolute Gasteiger partial charge is 0.338 e. The van der Waals surface area contributed by atoms with Gasteiger partial charge in [0.15, 0.2) is 0 Å². The van der Waals surface area contributed by atoms with Gasteiger partial charge < -0.3 is 10.6 Å². The number of likely N-dealkylation sites (tertiary alicyclic amines) is 1. The van der Waals surface area contributed by atoms with Gasteiger partial charge in [0.05, 0.1) is 12.6 Å². The number of hydrogen-bond acceptors (Lipinski definition) is 4. The molecule has 20 heavy (non-hydrogen) atoms. The monoisotopic (exact) mass is 276 g/mol. The van der Waals surface area contributed by atoms with Crippen LogP contribution in [0.2, 0.25) is 0 Å². The highest BCUT2D eigenvalue weighted by atomic mass is 16.2. The van der Waals surface area contributed by atoms with Gasteiger partial charge in [0.1, 0.15) is 0 Å². The molecule has 1 aliphatic rings. The van der Waals surface area contributed by atoms with Crippen molar-refractivity contribution in [3.63, 3.8) is 0 Å². The van der Waals surface area contributed by atoms with E-state index in [1.54, 1.807) is 12.4 Å². The fourth-order valence-electron chi connectivity index (χ4n) is 2.50. The molecule has 2 heterocycles. The lowest BCUT2D eigenvalue weighted by atomic mass is 10.1. The molecule has 1 unspecified atom stereocenters. The number of amides is 1. The van der Waals surface area contributed by atoms with E-state index in [1.807, 2.05) is 31.0 Å². The van der Waals surface area contributed by atoms with Gasteiger partial charge in [-0.05, 0) is 37.5 Å². The molecule has 1 fully saturated rings. The molecule has 2 rings (SSSR count). The third-order valence-electron chi connectivity index (χ3n) is 4.15. The second-order valence-corrected chi connectivity index (χ2v) is 5.57. The fourth-order valence-corrected chi connectivity index (χ4v) is 2.50. The molecular weight excluding hydrogens is 252 g/mol. The summed E-state index contributed by atoms with van der Waals surface area (Å²) in [6, 6.07) is 4.27. The summed E-state index contributed by atoms with van der Waals surface area (Å²) in [5, 5.41) is 0. The maximum atomic E-state index is 12.3. The minimum atomic E-state index is 0.0672. The van der Waals surface area contributed by atoms with Crippen molar-refractivity contribution in [2.24, 2.45) is 5.73 Å². The van der Waals surface area contributed by atoms with Crippen LogP contribution < -0.4 is 5.73 Å². The van der Waals surface area contributed by atoms with E-state index in [9.17, 15) is 4.79 Å². The maximum absolute atomic E-state index is 12.3. The van der Waals surface area contributed by atoms with Gasteiger partial charge in [-0.15, -0.1) is 0 Å². The topological polar surface area (TPSA) is 62.5 Å². The molecule has 0 radical (unpaired) electrons. The number of carbonyl (C=O) groups is 1. The Bertz CT molecular complexity index is 429. The predicted molar refractivity (Wildman–Crippen MR) is 79.1 cm³/mol. The molecule has 1 saturated heterocycles. The second kappa shape index (κ2) is 6.81. The van der Waals surface area contributed by atoms with Crippen molar-refractivity contribution < 1.29 is 4.79 Å². The molecular formula is C15H24N4O. The van der Waals surface area contributed by atoms with E-state index in [1.165, 1.54) is 0 Å². The first-order valence-corrected chi connectivity index (χ1v) is 7.21. The van der Waals surface area contributed by atoms with E-state index in [4.69, 9.17) is 5.73 Å². The molecule has 0 spiro atoms. The molecule has 5 heteroatoms. The summed E-state index contributed by atoms with van der Waals surface area (Å²) in [5.74, 6) is 0.157. The molecule has 5 nitrogen and oxygen atoms in total. The zero-order chi connectivity index (χ0) is 14.5. The van der Waals surface area contributed by atoms with Crippen LogP contribution in [0.5, 0.6) is 0 Å². The van der Waals surface area contributed by atoms with Crippen LogP contribution in [0.3, 0.4) is 0 Å². The molecule has 1 aromatic rings. The molecule has 1 aliphatic heterocycles. The SMILES string of the molecule is CC(c1ccncc1)N(C)C(=O)CN1CCC(N)CC1. The third-order valence-corrected chi connectivity index (χ3v) is 4.15. The molecule has 0 saturated carbocycles. The predicted octanol–water partition coefficient (Wildman–Crippen LogP) is 1.02. The Morgan fingerprint density at radius 2 is 2.05 bits per heavy atom. The van der Waals surface area contributed by atoms with Crippen LogP contribution in [0.25, 0.3) is 0 Å². The van der Waals surface area contributed by atoms with Crippen LogP contribution in [0, 0.1) is 0 Å². The quantitative estimate of drug-likeness (QED) is 0.892. The molecule has 0 bridgehead atoms. The number of rotatable bonds is 4. The van der Waals surface area contributed by atoms with Crippen LogP contribution in [0.1, 0.15) is 31.4 Å². The number of likely N-dealkylation sites (N-methyl/N-ethyl adjacent to an activating group) is 1. The van der Waals surface area contributed by atoms with Crippen molar-refractivity contribution in [1.29, 1.82) is 0 Å². The summed E-state index contributed by atoms with van der Waals surface area (Å²) in [6.45, 7) is 4.37. The van der Waals surface area contributed by atoms with Crippen molar-refractivity contribution >= 4 is 5.91 Å². The number of hydrogen-bond donors (Lipinski definition) is 1. The van der Waals surface area contributed by atoms with Gasteiger partial charge in [-0.1, -0.05) is 0 Å². The Morgan fingerprint density at radius 1 is 1.45 bits per heavy atom. The van der Waals surface area contributed by atoms with Crippen LogP contribution in [-0.4, -0.2) is 53.4 Å². The van der Waals surface area contributed by atoms with Gasteiger partial charge >= 0.3 is 0 Å². The zero-order valence-corrected chi connectivity index (χ0v) is 12.3. The smallest absolute Gasteiger partial charge is 0.236 e. The van der Waals surface area contributed by atoms with E-state index < -0.39 is 0 Å². The molecule has 110 valence electrons. The van der Waals surface area contributed by atoms with E-state index in [0.29, 0.717) is 12.6 Å². The summed E-state index contributed by atoms with van der Waals surface area (Å²) in [6.07, 6.45) is 5.49. The van der Waals surface area contributed by atoms with Gasteiger partial charge in [-0.25, -0.2) is 0 Å². The molecule has 1 aromatic heterocycles. The lowest BCUT2D eigenvalue weighted by Gasteiger charge is -2.32. The number of carbonyl (C=O) groups excluding carboxylic acids is 1. The van der Waals surface area contributed by atoms with Crippen molar-refractivity contribution in [3.05, 3.63) is 30.1 Å². The van der Waals surface area contributed by atoms with Crippen LogP contribution in [0.15, 0.2) is 24.5 Å². The highest BCUT2D eigenvalue weighted by molar-refractivity contribution is 5.78. The minimum absolute atomic E-state index is 0.0672. The molecule has 0 aromatic carbocycles. The average Bonchev–Trinajstić information content (AvgIpc) is 2.49. The van der Waals surface area contributed by atoms with Crippen molar-refractivity contribution in [2.75, 3.05) is 26.7 Å². The molecule has 0 aliphatic carbocycles. The number of pyridine rings is 1. The normalized spacial score (nSPS) is 18.8. The highest BCUT2D eigenvalue weighted by Crippen LogP contribution is 2.18. The Kier molecular flexibility index (Phi) is 5.09. The summed E-state index contributed by atoms with van der Waals surface area (Å²) in [5.41, 5.74) is 6.99. The van der Waals surface area contributed by atoms with Gasteiger partial charge in [0.25, 0.3) is 0 Å². The Balaban J connectivity index is 1.88. The number of nitrogens with two attached hydrogens (primary N) is 1. The number of aromatic nitrogens is 1. The first kappa shape index (κ1) is 14.9. The van der Waals surface area contributed by atoms with E-state index in [-0.39, 0.29) is 11.9 Å². The van der Waals surface area contributed by atoms with Gasteiger partial charge in [0.2, 0.25) is 5.91 Å². The summed E-state index contributed by atoms with van der Waals surface area (Å²) < 4.78 is 0. The van der Waals surface area contributed by atoms with Gasteiger partial charge in [-0.3, -0.25) is 14.7 Å². The van der Waals surface area contributed by atoms with E-state index in [2.05, 4.69) is 9.88 Å². The molecule has 2 N–H and O–H groups in total. The minimum Gasteiger partial charge on any atom is -0.338 e. The second-order valence-electron chi connectivity index (χ2n) is 5.57. The average molecular weight is 276 g/mol. The Labute approximate surface area is 120 Å². The van der Waals surface area contributed by atoms with E-state index >= 15 is 0 Å². The summed E-state index contributed by atoms with van der Waals surface area (Å²) in [7, 11) is 1.86. The first-order chi connectivity index (χ1) is 9.58. The maximum Gasteiger partial charge on any atom is 0.236 e. The Hall–Kier alpha value is -1.46. The fraction of sp³-hybridized carbons (Fsp3) is 0.600. The standard InChI is InChI=1S/C15H24N4O/c1-12(13-3-7-17-8-4-13)18(2)15(20)11-19-9-5-14(16)6-10-19/h3-4,7-8,12,14H,5-6,9-11,16H2,1-2H3. The Morgan fingerprint density at radius 3 is 2.65 bits per heavy atom. The lowest BCUT2D eigenvalue weighted by Crippen LogP contribution is -2.45. The van der Waals surface area contributed by atoms with Crippen LogP contribution in [-0.2, 0) is 4.79 Å². The van der Waals surface area contributed by atoms with Crippen molar-refractivity contribution in [2.45, 2.75) is 31.8 Å². The summed E-state index contributed by atoms with van der Waals surface area (Å²) >= 11 is 0. The van der Waals surface area contributed by atoms with Crippen LogP contribution >= 0.6 is 0 Å². The highest BCUT2D eigenvalue weighted by Gasteiger charge is 2.22. The first-order valence-electron chi connectivity index (χ1n) is 7.21. The third kappa shape index (κ3) is 3.77.